The van der Waals surface area contributed by atoms with E-state index in [1.54, 1.807) is 23.6 Å². The summed E-state index contributed by atoms with van der Waals surface area (Å²) >= 11 is 1.62. The van der Waals surface area contributed by atoms with Crippen LogP contribution in [-0.2, 0) is 11.4 Å². The van der Waals surface area contributed by atoms with Gasteiger partial charge in [0.05, 0.1) is 12.7 Å². The van der Waals surface area contributed by atoms with Gasteiger partial charge in [0.25, 0.3) is 5.91 Å². The molecule has 1 unspecified atom stereocenters. The first-order valence-corrected chi connectivity index (χ1v) is 15.2. The average Bonchev–Trinajstić information content (AvgIpc) is 3.37. The molecule has 2 N–H and O–H groups in total. The first kappa shape index (κ1) is 29.3. The highest BCUT2D eigenvalue weighted by molar-refractivity contribution is 7.99. The summed E-state index contributed by atoms with van der Waals surface area (Å²) in [5.41, 5.74) is 6.16. The molecule has 1 aliphatic heterocycles. The van der Waals surface area contributed by atoms with Crippen LogP contribution in [0, 0.1) is 13.8 Å². The number of anilines is 2. The van der Waals surface area contributed by atoms with E-state index < -0.39 is 6.04 Å². The van der Waals surface area contributed by atoms with Crippen LogP contribution >= 0.6 is 11.8 Å². The molecule has 0 aliphatic carbocycles. The number of aryl methyl sites for hydroxylation is 2. The molecule has 42 heavy (non-hydrogen) atoms. The SMILES string of the molecule is CCCCSc1nc2n(n1)C(c1ccc(OCc3cccc(C)c3)c(OC)c1)C(C(=O)Nc1cccc(C)c1)=C(C)N2. The molecule has 0 bridgehead atoms. The summed E-state index contributed by atoms with van der Waals surface area (Å²) in [6.45, 7) is 8.54. The van der Waals surface area contributed by atoms with E-state index in [2.05, 4.69) is 36.6 Å². The fraction of sp³-hybridized carbons (Fsp3) is 0.303. The molecule has 5 rings (SSSR count). The highest BCUT2D eigenvalue weighted by Crippen LogP contribution is 2.40. The van der Waals surface area contributed by atoms with Crippen molar-refractivity contribution in [1.82, 2.24) is 14.8 Å². The van der Waals surface area contributed by atoms with E-state index in [9.17, 15) is 4.79 Å². The van der Waals surface area contributed by atoms with Gasteiger partial charge in [-0.05, 0) is 68.1 Å². The summed E-state index contributed by atoms with van der Waals surface area (Å²) in [5, 5.41) is 11.9. The number of allylic oxidation sites excluding steroid dienone is 1. The molecule has 1 aromatic heterocycles. The molecule has 218 valence electrons. The Morgan fingerprint density at radius 1 is 1.02 bits per heavy atom. The third kappa shape index (κ3) is 6.62. The fourth-order valence-electron chi connectivity index (χ4n) is 4.96. The number of hydrogen-bond donors (Lipinski definition) is 2. The van der Waals surface area contributed by atoms with Crippen molar-refractivity contribution in [2.45, 2.75) is 58.3 Å². The molecule has 0 fully saturated rings. The summed E-state index contributed by atoms with van der Waals surface area (Å²) in [6, 6.07) is 21.2. The summed E-state index contributed by atoms with van der Waals surface area (Å²) in [6.07, 6.45) is 2.18. The second kappa shape index (κ2) is 13.2. The van der Waals surface area contributed by atoms with E-state index in [1.165, 1.54) is 5.56 Å². The molecule has 1 aliphatic rings. The lowest BCUT2D eigenvalue weighted by Crippen LogP contribution is -2.31. The van der Waals surface area contributed by atoms with Gasteiger partial charge in [0.15, 0.2) is 11.5 Å². The Kier molecular flexibility index (Phi) is 9.17. The van der Waals surface area contributed by atoms with E-state index in [4.69, 9.17) is 19.6 Å². The average molecular weight is 584 g/mol. The number of carbonyl (C=O) groups is 1. The number of nitrogens with zero attached hydrogens (tertiary/aromatic N) is 3. The van der Waals surface area contributed by atoms with Gasteiger partial charge in [-0.3, -0.25) is 4.79 Å². The number of amides is 1. The molecule has 0 spiro atoms. The van der Waals surface area contributed by atoms with Gasteiger partial charge < -0.3 is 20.1 Å². The fourth-order valence-corrected chi connectivity index (χ4v) is 5.87. The van der Waals surface area contributed by atoms with Gasteiger partial charge in [0.2, 0.25) is 11.1 Å². The number of carbonyl (C=O) groups excluding carboxylic acids is 1. The van der Waals surface area contributed by atoms with Crippen LogP contribution in [0.1, 0.15) is 55.0 Å². The van der Waals surface area contributed by atoms with Crippen molar-refractivity contribution < 1.29 is 14.3 Å². The van der Waals surface area contributed by atoms with Gasteiger partial charge in [0.1, 0.15) is 12.6 Å². The molecule has 8 nitrogen and oxygen atoms in total. The van der Waals surface area contributed by atoms with E-state index >= 15 is 0 Å². The smallest absolute Gasteiger partial charge is 0.255 e. The van der Waals surface area contributed by atoms with E-state index in [1.807, 2.05) is 68.4 Å². The van der Waals surface area contributed by atoms with Crippen LogP contribution in [0.15, 0.2) is 83.2 Å². The van der Waals surface area contributed by atoms with Crippen LogP contribution < -0.4 is 20.1 Å². The van der Waals surface area contributed by atoms with Crippen LogP contribution in [0.4, 0.5) is 11.6 Å². The lowest BCUT2D eigenvalue weighted by atomic mass is 9.94. The highest BCUT2D eigenvalue weighted by atomic mass is 32.2. The van der Waals surface area contributed by atoms with Crippen LogP contribution in [0.2, 0.25) is 0 Å². The van der Waals surface area contributed by atoms with Gasteiger partial charge >= 0.3 is 0 Å². The Labute approximate surface area is 251 Å². The van der Waals surface area contributed by atoms with Gasteiger partial charge in [-0.15, -0.1) is 5.10 Å². The number of aromatic nitrogens is 3. The highest BCUT2D eigenvalue weighted by Gasteiger charge is 2.35. The minimum atomic E-state index is -0.529. The lowest BCUT2D eigenvalue weighted by Gasteiger charge is -2.29. The topological polar surface area (TPSA) is 90.3 Å². The predicted octanol–water partition coefficient (Wildman–Crippen LogP) is 7.30. The number of benzene rings is 3. The number of rotatable bonds is 11. The second-order valence-electron chi connectivity index (χ2n) is 10.4. The number of methoxy groups -OCH3 is 1. The van der Waals surface area contributed by atoms with Crippen LogP contribution in [0.5, 0.6) is 11.5 Å². The molecule has 1 atom stereocenters. The van der Waals surface area contributed by atoms with Crippen molar-refractivity contribution in [1.29, 1.82) is 0 Å². The Morgan fingerprint density at radius 2 is 1.81 bits per heavy atom. The predicted molar refractivity (Wildman–Crippen MR) is 168 cm³/mol. The van der Waals surface area contributed by atoms with Crippen LogP contribution in [-0.4, -0.2) is 33.5 Å². The number of ether oxygens (including phenoxy) is 2. The van der Waals surface area contributed by atoms with Crippen LogP contribution in [0.3, 0.4) is 0 Å². The largest absolute Gasteiger partial charge is 0.493 e. The number of nitrogens with one attached hydrogen (secondary N) is 2. The third-order valence-corrected chi connectivity index (χ3v) is 7.99. The monoisotopic (exact) mass is 583 g/mol. The van der Waals surface area contributed by atoms with Crippen molar-refractivity contribution in [3.63, 3.8) is 0 Å². The van der Waals surface area contributed by atoms with Crippen molar-refractivity contribution in [2.75, 3.05) is 23.5 Å². The maximum absolute atomic E-state index is 13.9. The lowest BCUT2D eigenvalue weighted by molar-refractivity contribution is -0.113. The standard InChI is InChI=1S/C33H37N5O3S/c1-6-7-16-42-33-36-32-34-23(4)29(31(39)35-26-13-9-11-22(3)18-26)30(38(32)37-33)25-14-15-27(28(19-25)40-5)41-20-24-12-8-10-21(2)17-24/h8-15,17-19,30H,6-7,16,20H2,1-5H3,(H,35,39)(H,34,36,37). The maximum atomic E-state index is 13.9. The molecule has 0 saturated carbocycles. The Balaban J connectivity index is 1.50. The van der Waals surface area contributed by atoms with E-state index in [0.717, 1.165) is 41.0 Å². The summed E-state index contributed by atoms with van der Waals surface area (Å²) in [5.74, 6) is 2.52. The van der Waals surface area contributed by atoms with Crippen LogP contribution in [0.25, 0.3) is 0 Å². The molecule has 0 saturated heterocycles. The Hall–Kier alpha value is -4.24. The molecular weight excluding hydrogens is 546 g/mol. The zero-order valence-electron chi connectivity index (χ0n) is 24.7. The quantitative estimate of drug-likeness (QED) is 0.141. The Morgan fingerprint density at radius 3 is 2.55 bits per heavy atom. The number of hydrogen-bond acceptors (Lipinski definition) is 7. The zero-order valence-corrected chi connectivity index (χ0v) is 25.5. The van der Waals surface area contributed by atoms with Gasteiger partial charge in [-0.1, -0.05) is 73.1 Å². The van der Waals surface area contributed by atoms with Gasteiger partial charge in [-0.25, -0.2) is 4.68 Å². The number of unbranched alkanes of at least 4 members (excludes halogenated alkanes) is 1. The van der Waals surface area contributed by atoms with Crippen molar-refractivity contribution in [3.8, 4) is 11.5 Å². The van der Waals surface area contributed by atoms with Gasteiger partial charge in [0, 0.05) is 17.1 Å². The molecule has 9 heteroatoms. The number of fused-ring (bicyclic) bond motifs is 1. The third-order valence-electron chi connectivity index (χ3n) is 7.06. The summed E-state index contributed by atoms with van der Waals surface area (Å²) in [4.78, 5) is 18.6. The normalized spacial score (nSPS) is 14.3. The van der Waals surface area contributed by atoms with Crippen molar-refractivity contribution in [2.24, 2.45) is 0 Å². The minimum absolute atomic E-state index is 0.212. The maximum Gasteiger partial charge on any atom is 0.255 e. The first-order valence-electron chi connectivity index (χ1n) is 14.2. The first-order chi connectivity index (χ1) is 20.4. The molecule has 4 aromatic rings. The second-order valence-corrected chi connectivity index (χ2v) is 11.5. The van der Waals surface area contributed by atoms with Crippen molar-refractivity contribution in [3.05, 3.63) is 100 Å². The summed E-state index contributed by atoms with van der Waals surface area (Å²) < 4.78 is 13.7. The minimum Gasteiger partial charge on any atom is -0.493 e. The molecule has 2 heterocycles. The van der Waals surface area contributed by atoms with E-state index in [0.29, 0.717) is 40.5 Å². The zero-order chi connectivity index (χ0) is 29.6. The molecule has 0 radical (unpaired) electrons. The molecule has 3 aromatic carbocycles. The molecular formula is C33H37N5O3S. The summed E-state index contributed by atoms with van der Waals surface area (Å²) in [7, 11) is 1.62. The molecule has 1 amide bonds. The number of thioether (sulfide) groups is 1. The van der Waals surface area contributed by atoms with Crippen molar-refractivity contribution >= 4 is 29.3 Å². The Bertz CT molecular complexity index is 1610. The van der Waals surface area contributed by atoms with E-state index in [-0.39, 0.29) is 5.91 Å². The van der Waals surface area contributed by atoms with Gasteiger partial charge in [-0.2, -0.15) is 4.98 Å².